The van der Waals surface area contributed by atoms with Gasteiger partial charge in [-0.1, -0.05) is 23.7 Å². The van der Waals surface area contributed by atoms with Crippen LogP contribution in [0.4, 0.5) is 0 Å². The number of nitrogens with one attached hydrogen (secondary N) is 1. The minimum absolute atomic E-state index is 0.0931. The van der Waals surface area contributed by atoms with Crippen LogP contribution in [0.2, 0.25) is 5.15 Å². The standard InChI is InChI=1S/C16H17ClN2O4/c1-22-14-6-11(7-18-9-16(20)21)2-4-13(14)23-10-12-3-5-15(17)19-8-12/h2-6,8,18H,7,9-10H2,1H3,(H,20,21). The van der Waals surface area contributed by atoms with Crippen molar-refractivity contribution in [3.63, 3.8) is 0 Å². The quantitative estimate of drug-likeness (QED) is 0.721. The van der Waals surface area contributed by atoms with E-state index in [0.717, 1.165) is 11.1 Å². The molecule has 0 fully saturated rings. The molecule has 1 heterocycles. The molecule has 0 unspecified atom stereocenters. The predicted molar refractivity (Wildman–Crippen MR) is 85.9 cm³/mol. The molecule has 0 amide bonds. The van der Waals surface area contributed by atoms with Crippen molar-refractivity contribution in [1.82, 2.24) is 10.3 Å². The first-order chi connectivity index (χ1) is 11.1. The minimum Gasteiger partial charge on any atom is -0.493 e. The number of aliphatic carboxylic acids is 1. The molecule has 122 valence electrons. The normalized spacial score (nSPS) is 10.3. The zero-order chi connectivity index (χ0) is 16.7. The van der Waals surface area contributed by atoms with Crippen molar-refractivity contribution >= 4 is 17.6 Å². The molecule has 7 heteroatoms. The van der Waals surface area contributed by atoms with Gasteiger partial charge in [-0.25, -0.2) is 4.98 Å². The first-order valence-corrected chi connectivity index (χ1v) is 7.29. The molecule has 0 aliphatic rings. The lowest BCUT2D eigenvalue weighted by Gasteiger charge is -2.12. The molecule has 1 aromatic carbocycles. The van der Waals surface area contributed by atoms with E-state index in [1.165, 1.54) is 0 Å². The van der Waals surface area contributed by atoms with E-state index in [1.54, 1.807) is 25.4 Å². The van der Waals surface area contributed by atoms with Gasteiger partial charge in [0, 0.05) is 18.3 Å². The summed E-state index contributed by atoms with van der Waals surface area (Å²) in [6, 6.07) is 9.00. The Morgan fingerprint density at radius 2 is 2.04 bits per heavy atom. The van der Waals surface area contributed by atoms with Gasteiger partial charge in [0.15, 0.2) is 11.5 Å². The number of carboxylic acid groups (broad SMARTS) is 1. The molecule has 23 heavy (non-hydrogen) atoms. The van der Waals surface area contributed by atoms with E-state index in [9.17, 15) is 4.79 Å². The van der Waals surface area contributed by atoms with Crippen molar-refractivity contribution in [2.45, 2.75) is 13.2 Å². The van der Waals surface area contributed by atoms with Gasteiger partial charge in [0.1, 0.15) is 11.8 Å². The van der Waals surface area contributed by atoms with Crippen molar-refractivity contribution in [3.8, 4) is 11.5 Å². The van der Waals surface area contributed by atoms with Crippen LogP contribution in [0.25, 0.3) is 0 Å². The summed E-state index contributed by atoms with van der Waals surface area (Å²) in [5, 5.41) is 11.9. The largest absolute Gasteiger partial charge is 0.493 e. The summed E-state index contributed by atoms with van der Waals surface area (Å²) in [6.07, 6.45) is 1.65. The molecule has 0 aliphatic heterocycles. The fourth-order valence-corrected chi connectivity index (χ4v) is 2.02. The smallest absolute Gasteiger partial charge is 0.317 e. The molecular weight excluding hydrogens is 320 g/mol. The highest BCUT2D eigenvalue weighted by atomic mass is 35.5. The second-order valence-corrected chi connectivity index (χ2v) is 5.15. The third kappa shape index (κ3) is 5.43. The summed E-state index contributed by atoms with van der Waals surface area (Å²) in [4.78, 5) is 14.5. The van der Waals surface area contributed by atoms with E-state index in [1.807, 2.05) is 18.2 Å². The summed E-state index contributed by atoms with van der Waals surface area (Å²) in [5.74, 6) is 0.291. The summed E-state index contributed by atoms with van der Waals surface area (Å²) < 4.78 is 11.0. The molecular formula is C16H17ClN2O4. The summed E-state index contributed by atoms with van der Waals surface area (Å²) >= 11 is 5.74. The number of pyridine rings is 1. The third-order valence-corrected chi connectivity index (χ3v) is 3.24. The minimum atomic E-state index is -0.895. The van der Waals surface area contributed by atoms with Gasteiger partial charge in [-0.15, -0.1) is 0 Å². The first kappa shape index (κ1) is 17.1. The number of halogens is 1. The molecule has 0 saturated heterocycles. The Kier molecular flexibility index (Phi) is 6.19. The van der Waals surface area contributed by atoms with E-state index >= 15 is 0 Å². The van der Waals surface area contributed by atoms with Crippen molar-refractivity contribution in [2.24, 2.45) is 0 Å². The number of methoxy groups -OCH3 is 1. The molecule has 2 aromatic rings. The molecule has 2 N–H and O–H groups in total. The van der Waals surface area contributed by atoms with E-state index in [4.69, 9.17) is 26.2 Å². The first-order valence-electron chi connectivity index (χ1n) is 6.91. The van der Waals surface area contributed by atoms with Crippen LogP contribution in [0.3, 0.4) is 0 Å². The number of ether oxygens (including phenoxy) is 2. The number of carboxylic acids is 1. The van der Waals surface area contributed by atoms with Gasteiger partial charge in [-0.05, 0) is 23.8 Å². The van der Waals surface area contributed by atoms with E-state index in [2.05, 4.69) is 10.3 Å². The second-order valence-electron chi connectivity index (χ2n) is 4.76. The zero-order valence-electron chi connectivity index (χ0n) is 12.6. The van der Waals surface area contributed by atoms with Crippen LogP contribution in [0.15, 0.2) is 36.5 Å². The molecule has 0 spiro atoms. The van der Waals surface area contributed by atoms with Gasteiger partial charge in [-0.3, -0.25) is 4.79 Å². The van der Waals surface area contributed by atoms with Gasteiger partial charge < -0.3 is 19.9 Å². The molecule has 0 atom stereocenters. The maximum absolute atomic E-state index is 10.5. The van der Waals surface area contributed by atoms with E-state index in [-0.39, 0.29) is 6.54 Å². The maximum Gasteiger partial charge on any atom is 0.317 e. The molecule has 6 nitrogen and oxygen atoms in total. The Labute approximate surface area is 139 Å². The van der Waals surface area contributed by atoms with Crippen LogP contribution in [0, 0.1) is 0 Å². The van der Waals surface area contributed by atoms with Crippen LogP contribution >= 0.6 is 11.6 Å². The Hall–Kier alpha value is -2.31. The number of hydrogen-bond acceptors (Lipinski definition) is 5. The van der Waals surface area contributed by atoms with Crippen molar-refractivity contribution < 1.29 is 19.4 Å². The zero-order valence-corrected chi connectivity index (χ0v) is 13.3. The van der Waals surface area contributed by atoms with Gasteiger partial charge in [-0.2, -0.15) is 0 Å². The number of hydrogen-bond donors (Lipinski definition) is 2. The Balaban J connectivity index is 1.98. The third-order valence-electron chi connectivity index (χ3n) is 3.02. The van der Waals surface area contributed by atoms with Crippen LogP contribution in [-0.4, -0.2) is 29.7 Å². The second kappa shape index (κ2) is 8.36. The van der Waals surface area contributed by atoms with Gasteiger partial charge in [0.25, 0.3) is 0 Å². The molecule has 0 radical (unpaired) electrons. The van der Waals surface area contributed by atoms with Gasteiger partial charge >= 0.3 is 5.97 Å². The molecule has 0 saturated carbocycles. The highest BCUT2D eigenvalue weighted by molar-refractivity contribution is 6.29. The Morgan fingerprint density at radius 1 is 1.26 bits per heavy atom. The maximum atomic E-state index is 10.5. The highest BCUT2D eigenvalue weighted by Gasteiger charge is 2.07. The fourth-order valence-electron chi connectivity index (χ4n) is 1.91. The monoisotopic (exact) mass is 336 g/mol. The van der Waals surface area contributed by atoms with Crippen LogP contribution < -0.4 is 14.8 Å². The van der Waals surface area contributed by atoms with E-state index < -0.39 is 5.97 Å². The van der Waals surface area contributed by atoms with Crippen LogP contribution in [-0.2, 0) is 17.9 Å². The fraction of sp³-hybridized carbons (Fsp3) is 0.250. The summed E-state index contributed by atoms with van der Waals surface area (Å²) in [6.45, 7) is 0.686. The number of aromatic nitrogens is 1. The number of carbonyl (C=O) groups is 1. The van der Waals surface area contributed by atoms with E-state index in [0.29, 0.717) is 29.8 Å². The Bertz CT molecular complexity index is 662. The average Bonchev–Trinajstić information content (AvgIpc) is 2.54. The number of rotatable bonds is 8. The summed E-state index contributed by atoms with van der Waals surface area (Å²) in [7, 11) is 1.56. The van der Waals surface area contributed by atoms with Gasteiger partial charge in [0.05, 0.1) is 13.7 Å². The van der Waals surface area contributed by atoms with Crippen molar-refractivity contribution in [3.05, 3.63) is 52.8 Å². The lowest BCUT2D eigenvalue weighted by molar-refractivity contribution is -0.135. The molecule has 2 rings (SSSR count). The highest BCUT2D eigenvalue weighted by Crippen LogP contribution is 2.28. The number of nitrogens with zero attached hydrogens (tertiary/aromatic N) is 1. The number of benzene rings is 1. The van der Waals surface area contributed by atoms with Crippen LogP contribution in [0.1, 0.15) is 11.1 Å². The lowest BCUT2D eigenvalue weighted by atomic mass is 10.2. The van der Waals surface area contributed by atoms with Crippen molar-refractivity contribution in [2.75, 3.05) is 13.7 Å². The molecule has 1 aromatic heterocycles. The predicted octanol–water partition coefficient (Wildman–Crippen LogP) is 2.50. The molecule has 0 aliphatic carbocycles. The SMILES string of the molecule is COc1cc(CNCC(=O)O)ccc1OCc1ccc(Cl)nc1. The van der Waals surface area contributed by atoms with Crippen LogP contribution in [0.5, 0.6) is 11.5 Å². The lowest BCUT2D eigenvalue weighted by Crippen LogP contribution is -2.21. The van der Waals surface area contributed by atoms with Gasteiger partial charge in [0.2, 0.25) is 0 Å². The Morgan fingerprint density at radius 3 is 2.70 bits per heavy atom. The topological polar surface area (TPSA) is 80.7 Å². The average molecular weight is 337 g/mol. The van der Waals surface area contributed by atoms with Crippen molar-refractivity contribution in [1.29, 1.82) is 0 Å². The molecule has 0 bridgehead atoms. The summed E-state index contributed by atoms with van der Waals surface area (Å²) in [5.41, 5.74) is 1.80.